The van der Waals surface area contributed by atoms with E-state index in [2.05, 4.69) is 11.7 Å². The minimum absolute atomic E-state index is 0.0237. The second kappa shape index (κ2) is 11.3. The topological polar surface area (TPSA) is 18.5 Å². The molecule has 0 unspecified atom stereocenters. The maximum absolute atomic E-state index is 16.0. The van der Waals surface area contributed by atoms with Crippen LogP contribution in [-0.2, 0) is 0 Å². The summed E-state index contributed by atoms with van der Waals surface area (Å²) in [6, 6.07) is 14.7. The lowest BCUT2D eigenvalue weighted by Crippen LogP contribution is -2.17. The summed E-state index contributed by atoms with van der Waals surface area (Å²) < 4.78 is 78.6. The zero-order chi connectivity index (χ0) is 25.7. The lowest BCUT2D eigenvalue weighted by molar-refractivity contribution is -0.274. The first-order valence-electron chi connectivity index (χ1n) is 12.4. The summed E-state index contributed by atoms with van der Waals surface area (Å²) in [7, 11) is 0. The van der Waals surface area contributed by atoms with Crippen LogP contribution < -0.4 is 9.47 Å². The third kappa shape index (κ3) is 6.37. The van der Waals surface area contributed by atoms with Crippen molar-refractivity contribution in [2.45, 2.75) is 64.1 Å². The van der Waals surface area contributed by atoms with Crippen LogP contribution >= 0.6 is 0 Å². The van der Waals surface area contributed by atoms with Crippen LogP contribution in [-0.4, -0.2) is 6.36 Å². The average molecular weight is 505 g/mol. The second-order valence-electron chi connectivity index (χ2n) is 9.31. The second-order valence-corrected chi connectivity index (χ2v) is 9.31. The van der Waals surface area contributed by atoms with Crippen molar-refractivity contribution in [1.29, 1.82) is 0 Å². The SMILES string of the molecule is CCCCC1CCC(c2c(F)cc(-c3ccccc3)c(Oc3ccc(OC(F)(F)F)cc3)c2F)CC1. The van der Waals surface area contributed by atoms with Gasteiger partial charge in [0.15, 0.2) is 11.6 Å². The van der Waals surface area contributed by atoms with Crippen molar-refractivity contribution in [2.75, 3.05) is 0 Å². The van der Waals surface area contributed by atoms with E-state index in [1.54, 1.807) is 30.3 Å². The fourth-order valence-corrected chi connectivity index (χ4v) is 4.98. The van der Waals surface area contributed by atoms with E-state index in [1.165, 1.54) is 18.2 Å². The Morgan fingerprint density at radius 2 is 1.50 bits per heavy atom. The lowest BCUT2D eigenvalue weighted by atomic mass is 9.76. The summed E-state index contributed by atoms with van der Waals surface area (Å²) in [4.78, 5) is 0. The maximum atomic E-state index is 16.0. The highest BCUT2D eigenvalue weighted by Gasteiger charge is 2.32. The Bertz CT molecular complexity index is 1140. The molecular weight excluding hydrogens is 475 g/mol. The van der Waals surface area contributed by atoms with E-state index in [1.807, 2.05) is 0 Å². The highest BCUT2D eigenvalue weighted by atomic mass is 19.4. The molecule has 3 aromatic carbocycles. The van der Waals surface area contributed by atoms with E-state index in [9.17, 15) is 13.2 Å². The number of hydrogen-bond donors (Lipinski definition) is 0. The van der Waals surface area contributed by atoms with E-state index >= 15 is 8.78 Å². The minimum Gasteiger partial charge on any atom is -0.454 e. The van der Waals surface area contributed by atoms with Gasteiger partial charge in [0.2, 0.25) is 0 Å². The van der Waals surface area contributed by atoms with Crippen molar-refractivity contribution in [3.8, 4) is 28.4 Å². The van der Waals surface area contributed by atoms with Gasteiger partial charge in [0.25, 0.3) is 0 Å². The van der Waals surface area contributed by atoms with Gasteiger partial charge in [-0.2, -0.15) is 0 Å². The highest BCUT2D eigenvalue weighted by molar-refractivity contribution is 5.72. The Morgan fingerprint density at radius 1 is 0.861 bits per heavy atom. The first-order valence-corrected chi connectivity index (χ1v) is 12.4. The van der Waals surface area contributed by atoms with Gasteiger partial charge in [0.1, 0.15) is 17.3 Å². The van der Waals surface area contributed by atoms with Crippen molar-refractivity contribution in [3.05, 3.63) is 77.9 Å². The zero-order valence-electron chi connectivity index (χ0n) is 20.1. The average Bonchev–Trinajstić information content (AvgIpc) is 2.86. The molecule has 0 spiro atoms. The van der Waals surface area contributed by atoms with Gasteiger partial charge in [0.05, 0.1) is 0 Å². The molecule has 1 fully saturated rings. The van der Waals surface area contributed by atoms with Gasteiger partial charge in [-0.1, -0.05) is 56.5 Å². The van der Waals surface area contributed by atoms with Gasteiger partial charge in [0, 0.05) is 11.1 Å². The van der Waals surface area contributed by atoms with Crippen molar-refractivity contribution in [2.24, 2.45) is 5.92 Å². The summed E-state index contributed by atoms with van der Waals surface area (Å²) >= 11 is 0. The number of rotatable bonds is 8. The number of halogens is 5. The normalized spacial score (nSPS) is 18.2. The van der Waals surface area contributed by atoms with Gasteiger partial charge in [-0.15, -0.1) is 13.2 Å². The molecule has 2 nitrogen and oxygen atoms in total. The van der Waals surface area contributed by atoms with E-state index in [0.717, 1.165) is 44.2 Å². The molecule has 4 rings (SSSR count). The maximum Gasteiger partial charge on any atom is 0.573 e. The molecule has 3 aromatic rings. The first-order chi connectivity index (χ1) is 17.2. The van der Waals surface area contributed by atoms with Crippen LogP contribution in [0, 0.1) is 17.6 Å². The molecule has 1 aliphatic rings. The molecule has 0 amide bonds. The molecule has 36 heavy (non-hydrogen) atoms. The predicted octanol–water partition coefficient (Wildman–Crippen LogP) is 9.79. The Hall–Kier alpha value is -3.09. The van der Waals surface area contributed by atoms with Gasteiger partial charge in [-0.3, -0.25) is 0 Å². The summed E-state index contributed by atoms with van der Waals surface area (Å²) in [6.45, 7) is 2.16. The highest BCUT2D eigenvalue weighted by Crippen LogP contribution is 2.45. The molecule has 1 saturated carbocycles. The van der Waals surface area contributed by atoms with Gasteiger partial charge >= 0.3 is 6.36 Å². The van der Waals surface area contributed by atoms with Crippen LogP contribution in [0.5, 0.6) is 17.2 Å². The molecule has 0 N–H and O–H groups in total. The number of alkyl halides is 3. The summed E-state index contributed by atoms with van der Waals surface area (Å²) in [6.07, 6.45) is 1.88. The largest absolute Gasteiger partial charge is 0.573 e. The van der Waals surface area contributed by atoms with Gasteiger partial charge < -0.3 is 9.47 Å². The molecule has 0 aliphatic heterocycles. The predicted molar refractivity (Wildman–Crippen MR) is 129 cm³/mol. The number of hydrogen-bond acceptors (Lipinski definition) is 2. The van der Waals surface area contributed by atoms with Crippen LogP contribution in [0.3, 0.4) is 0 Å². The van der Waals surface area contributed by atoms with E-state index < -0.39 is 23.7 Å². The third-order valence-electron chi connectivity index (χ3n) is 6.79. The smallest absolute Gasteiger partial charge is 0.454 e. The van der Waals surface area contributed by atoms with Crippen molar-refractivity contribution in [3.63, 3.8) is 0 Å². The standard InChI is InChI=1S/C29H29F5O2/c1-2-3-7-19-10-12-21(13-11-19)26-25(30)18-24(20-8-5-4-6-9-20)28(27(26)31)35-22-14-16-23(17-15-22)36-29(32,33)34/h4-6,8-9,14-19,21H,2-3,7,10-13H2,1H3. The van der Waals surface area contributed by atoms with Crippen molar-refractivity contribution in [1.82, 2.24) is 0 Å². The van der Waals surface area contributed by atoms with E-state index in [4.69, 9.17) is 4.74 Å². The fraction of sp³-hybridized carbons (Fsp3) is 0.379. The summed E-state index contributed by atoms with van der Waals surface area (Å²) in [5, 5.41) is 0. The van der Waals surface area contributed by atoms with Crippen LogP contribution in [0.4, 0.5) is 22.0 Å². The molecule has 7 heteroatoms. The van der Waals surface area contributed by atoms with Crippen LogP contribution in [0.1, 0.15) is 63.4 Å². The molecular formula is C29H29F5O2. The van der Waals surface area contributed by atoms with Crippen LogP contribution in [0.15, 0.2) is 60.7 Å². The quantitative estimate of drug-likeness (QED) is 0.284. The number of ether oxygens (including phenoxy) is 2. The van der Waals surface area contributed by atoms with Crippen molar-refractivity contribution >= 4 is 0 Å². The zero-order valence-corrected chi connectivity index (χ0v) is 20.1. The van der Waals surface area contributed by atoms with Gasteiger partial charge in [-0.05, 0) is 73.4 Å². The molecule has 0 aromatic heterocycles. The summed E-state index contributed by atoms with van der Waals surface area (Å²) in [5.74, 6) is -1.48. The molecule has 0 radical (unpaired) electrons. The number of benzene rings is 3. The third-order valence-corrected chi connectivity index (χ3v) is 6.79. The Morgan fingerprint density at radius 3 is 2.11 bits per heavy atom. The Kier molecular flexibility index (Phi) is 8.17. The first kappa shape index (κ1) is 26.0. The Balaban J connectivity index is 1.66. The monoisotopic (exact) mass is 504 g/mol. The fourth-order valence-electron chi connectivity index (χ4n) is 4.98. The summed E-state index contributed by atoms with van der Waals surface area (Å²) in [5.41, 5.74) is 0.828. The van der Waals surface area contributed by atoms with Crippen LogP contribution in [0.25, 0.3) is 11.1 Å². The van der Waals surface area contributed by atoms with E-state index in [0.29, 0.717) is 24.3 Å². The van der Waals surface area contributed by atoms with Crippen LogP contribution in [0.2, 0.25) is 0 Å². The van der Waals surface area contributed by atoms with E-state index in [-0.39, 0.29) is 28.5 Å². The molecule has 0 heterocycles. The number of unbranched alkanes of at least 4 members (excludes halogenated alkanes) is 1. The molecule has 0 atom stereocenters. The molecule has 0 bridgehead atoms. The molecule has 1 aliphatic carbocycles. The molecule has 0 saturated heterocycles. The minimum atomic E-state index is -4.82. The van der Waals surface area contributed by atoms with Crippen molar-refractivity contribution < 1.29 is 31.4 Å². The van der Waals surface area contributed by atoms with Gasteiger partial charge in [-0.25, -0.2) is 8.78 Å². The Labute approximate surface area is 208 Å². The molecule has 192 valence electrons. The lowest BCUT2D eigenvalue weighted by Gasteiger charge is -2.30.